The largest absolute Gasteiger partial charge is 0.744 e. The molecule has 0 N–H and O–H groups in total. The first kappa shape index (κ1) is 27.6. The van der Waals surface area contributed by atoms with Crippen molar-refractivity contribution in [1.29, 1.82) is 0 Å². The van der Waals surface area contributed by atoms with E-state index in [1.165, 1.54) is 32.3 Å². The van der Waals surface area contributed by atoms with Crippen molar-refractivity contribution in [2.45, 2.75) is 51.0 Å². The van der Waals surface area contributed by atoms with E-state index in [1.807, 2.05) is 18.3 Å². The molecular formula is C29H30N2O5S2. The highest BCUT2D eigenvalue weighted by molar-refractivity contribution is 7.85. The van der Waals surface area contributed by atoms with E-state index in [0.717, 1.165) is 37.8 Å². The second kappa shape index (κ2) is 12.0. The molecule has 0 saturated heterocycles. The number of aryl methyl sites for hydroxylation is 3. The van der Waals surface area contributed by atoms with E-state index in [-0.39, 0.29) is 16.7 Å². The molecule has 2 amide bonds. The number of nitrogens with zero attached hydrogens (tertiary/aromatic N) is 2. The fourth-order valence-corrected chi connectivity index (χ4v) is 5.99. The molecule has 3 aromatic carbocycles. The number of rotatable bonds is 8. The molecule has 1 aliphatic rings. The van der Waals surface area contributed by atoms with Gasteiger partial charge in [0, 0.05) is 26.0 Å². The summed E-state index contributed by atoms with van der Waals surface area (Å²) in [5, 5.41) is 1.34. The highest BCUT2D eigenvalue weighted by atomic mass is 32.2. The van der Waals surface area contributed by atoms with E-state index in [2.05, 4.69) is 35.8 Å². The maximum Gasteiger partial charge on any atom is 0.261 e. The van der Waals surface area contributed by atoms with E-state index >= 15 is 0 Å². The summed E-state index contributed by atoms with van der Waals surface area (Å²) in [7, 11) is -4.27. The highest BCUT2D eigenvalue weighted by Crippen LogP contribution is 2.23. The number of carbonyl (C=O) groups is 2. The first-order valence-corrected chi connectivity index (χ1v) is 14.7. The van der Waals surface area contributed by atoms with Gasteiger partial charge in [0.15, 0.2) is 0 Å². The lowest BCUT2D eigenvalue weighted by molar-refractivity contribution is -0.673. The lowest BCUT2D eigenvalue weighted by atomic mass is 10.1. The monoisotopic (exact) mass is 550 g/mol. The van der Waals surface area contributed by atoms with Crippen molar-refractivity contribution < 1.29 is 27.1 Å². The molecule has 0 aliphatic carbocycles. The topological polar surface area (TPSA) is 98.5 Å². The molecule has 7 nitrogen and oxygen atoms in total. The van der Waals surface area contributed by atoms with E-state index in [0.29, 0.717) is 17.7 Å². The number of fused-ring (bicyclic) bond motifs is 2. The van der Waals surface area contributed by atoms with Crippen molar-refractivity contribution in [3.05, 3.63) is 94.5 Å². The second-order valence-electron chi connectivity index (χ2n) is 9.23. The van der Waals surface area contributed by atoms with Crippen LogP contribution in [0.4, 0.5) is 0 Å². The average Bonchev–Trinajstić information content (AvgIpc) is 3.34. The molecule has 0 saturated carbocycles. The van der Waals surface area contributed by atoms with Crippen LogP contribution in [0.25, 0.3) is 10.2 Å². The summed E-state index contributed by atoms with van der Waals surface area (Å²) in [4.78, 5) is 25.9. The fourth-order valence-electron chi connectivity index (χ4n) is 4.47. The van der Waals surface area contributed by atoms with E-state index in [1.54, 1.807) is 36.4 Å². The van der Waals surface area contributed by atoms with Gasteiger partial charge in [-0.05, 0) is 50.1 Å². The van der Waals surface area contributed by atoms with Crippen molar-refractivity contribution >= 4 is 43.5 Å². The van der Waals surface area contributed by atoms with Crippen LogP contribution in [0.15, 0.2) is 77.7 Å². The van der Waals surface area contributed by atoms with Gasteiger partial charge in [0.2, 0.25) is 10.5 Å². The molecule has 1 aliphatic heterocycles. The minimum absolute atomic E-state index is 0.147. The number of amides is 2. The maximum atomic E-state index is 12.3. The molecule has 9 heteroatoms. The van der Waals surface area contributed by atoms with Gasteiger partial charge >= 0.3 is 0 Å². The Hall–Kier alpha value is -3.40. The number of aromatic nitrogens is 1. The fraction of sp³-hybridized carbons (Fsp3) is 0.276. The first-order chi connectivity index (χ1) is 18.2. The first-order valence-electron chi connectivity index (χ1n) is 12.5. The van der Waals surface area contributed by atoms with E-state index < -0.39 is 10.1 Å². The van der Waals surface area contributed by atoms with Gasteiger partial charge in [-0.1, -0.05) is 59.7 Å². The van der Waals surface area contributed by atoms with Crippen LogP contribution in [0.5, 0.6) is 0 Å². The van der Waals surface area contributed by atoms with Crippen LogP contribution >= 0.6 is 11.3 Å². The highest BCUT2D eigenvalue weighted by Gasteiger charge is 2.34. The Labute approximate surface area is 227 Å². The number of thiazole rings is 1. The summed E-state index contributed by atoms with van der Waals surface area (Å²) in [6.45, 7) is 5.52. The minimum Gasteiger partial charge on any atom is -0.744 e. The minimum atomic E-state index is -4.27. The van der Waals surface area contributed by atoms with Crippen LogP contribution in [0, 0.1) is 13.8 Å². The number of imide groups is 1. The summed E-state index contributed by atoms with van der Waals surface area (Å²) in [6.07, 6.45) is 4.09. The number of hydrogen-bond acceptors (Lipinski definition) is 6. The Morgan fingerprint density at radius 1 is 0.789 bits per heavy atom. The van der Waals surface area contributed by atoms with Crippen molar-refractivity contribution in [3.63, 3.8) is 0 Å². The molecule has 0 fully saturated rings. The van der Waals surface area contributed by atoms with E-state index in [4.69, 9.17) is 0 Å². The van der Waals surface area contributed by atoms with Crippen molar-refractivity contribution in [1.82, 2.24) is 4.90 Å². The Bertz CT molecular complexity index is 1520. The van der Waals surface area contributed by atoms with Gasteiger partial charge in [0.25, 0.3) is 11.8 Å². The van der Waals surface area contributed by atoms with Crippen LogP contribution in [0.1, 0.15) is 57.0 Å². The average molecular weight is 551 g/mol. The lowest BCUT2D eigenvalue weighted by Gasteiger charge is -2.13. The second-order valence-corrected chi connectivity index (χ2v) is 11.8. The summed E-state index contributed by atoms with van der Waals surface area (Å²) in [6, 6.07) is 21.4. The Kier molecular flexibility index (Phi) is 8.71. The normalized spacial score (nSPS) is 13.0. The zero-order chi connectivity index (χ0) is 27.3. The molecule has 0 bridgehead atoms. The Morgan fingerprint density at radius 2 is 1.37 bits per heavy atom. The smallest absolute Gasteiger partial charge is 0.261 e. The number of benzene rings is 3. The van der Waals surface area contributed by atoms with Gasteiger partial charge in [-0.25, -0.2) is 8.42 Å². The molecule has 2 heterocycles. The molecule has 1 aromatic heterocycles. The quantitative estimate of drug-likeness (QED) is 0.129. The van der Waals surface area contributed by atoms with Crippen LogP contribution in [0.3, 0.4) is 0 Å². The molecule has 38 heavy (non-hydrogen) atoms. The molecule has 0 unspecified atom stereocenters. The third-order valence-electron chi connectivity index (χ3n) is 6.50. The maximum absolute atomic E-state index is 12.3. The predicted molar refractivity (Wildman–Crippen MR) is 146 cm³/mol. The van der Waals surface area contributed by atoms with Gasteiger partial charge in [0.1, 0.15) is 21.4 Å². The molecule has 198 valence electrons. The van der Waals surface area contributed by atoms with Crippen LogP contribution in [0.2, 0.25) is 0 Å². The summed E-state index contributed by atoms with van der Waals surface area (Å²) >= 11 is 1.84. The van der Waals surface area contributed by atoms with Gasteiger partial charge in [-0.3, -0.25) is 14.5 Å². The number of hydrogen-bond donors (Lipinski definition) is 0. The van der Waals surface area contributed by atoms with Gasteiger partial charge in [-0.2, -0.15) is 4.57 Å². The molecular weight excluding hydrogens is 520 g/mol. The number of unbranched alkanes of at least 4 members (excludes halogenated alkanes) is 3. The zero-order valence-electron chi connectivity index (χ0n) is 21.4. The third-order valence-corrected chi connectivity index (χ3v) is 8.43. The van der Waals surface area contributed by atoms with Crippen molar-refractivity contribution in [2.75, 3.05) is 6.54 Å². The van der Waals surface area contributed by atoms with Crippen LogP contribution in [-0.4, -0.2) is 36.2 Å². The zero-order valence-corrected chi connectivity index (χ0v) is 23.1. The van der Waals surface area contributed by atoms with Crippen molar-refractivity contribution in [2.24, 2.45) is 0 Å². The summed E-state index contributed by atoms with van der Waals surface area (Å²) < 4.78 is 34.9. The molecule has 0 radical (unpaired) electrons. The molecule has 5 rings (SSSR count). The standard InChI is InChI=1S/C22H23N2O2S.C7H8O3S/c1-16-23(19-12-6-7-13-20(19)27-16)14-8-2-3-9-15-24-21(25)17-10-4-5-11-18(17)22(24)26;1-6-2-4-7(5-3-6)11(8,9)10/h4-7,10-13H,2-3,8-9,14-15H2,1H3;2-5H,1H3,(H,8,9,10)/q+1;/p-1. The summed E-state index contributed by atoms with van der Waals surface area (Å²) in [5.74, 6) is -0.293. The SMILES string of the molecule is Cc1ccc(S(=O)(=O)[O-])cc1.Cc1sc2ccccc2[n+]1CCCCCCN1C(=O)c2ccccc2C1=O. The molecule has 0 spiro atoms. The number of carbonyl (C=O) groups excluding carboxylic acids is 2. The lowest BCUT2D eigenvalue weighted by Crippen LogP contribution is -2.35. The van der Waals surface area contributed by atoms with Crippen molar-refractivity contribution in [3.8, 4) is 0 Å². The molecule has 0 atom stereocenters. The third kappa shape index (κ3) is 6.35. The van der Waals surface area contributed by atoms with E-state index in [9.17, 15) is 22.6 Å². The number of para-hydroxylation sites is 1. The predicted octanol–water partition coefficient (Wildman–Crippen LogP) is 5.25. The summed E-state index contributed by atoms with van der Waals surface area (Å²) in [5.41, 5.74) is 3.32. The Morgan fingerprint density at radius 3 is 2.00 bits per heavy atom. The Balaban J connectivity index is 0.000000257. The van der Waals surface area contributed by atoms with Crippen LogP contribution in [-0.2, 0) is 16.7 Å². The molecule has 4 aromatic rings. The van der Waals surface area contributed by atoms with Gasteiger partial charge < -0.3 is 4.55 Å². The van der Waals surface area contributed by atoms with Gasteiger partial charge in [-0.15, -0.1) is 0 Å². The van der Waals surface area contributed by atoms with Crippen LogP contribution < -0.4 is 4.57 Å². The van der Waals surface area contributed by atoms with Gasteiger partial charge in [0.05, 0.1) is 16.0 Å².